The molecule has 0 saturated heterocycles. The minimum absolute atomic E-state index is 0.0592. The predicted octanol–water partition coefficient (Wildman–Crippen LogP) is 4.72. The van der Waals surface area contributed by atoms with E-state index in [1.165, 1.54) is 0 Å². The minimum atomic E-state index is -4.25. The average molecular weight is 481 g/mol. The Bertz CT molecular complexity index is 1120. The third kappa shape index (κ3) is 4.86. The number of anilines is 1. The van der Waals surface area contributed by atoms with Crippen LogP contribution >= 0.6 is 11.6 Å². The molecule has 1 heterocycles. The van der Waals surface area contributed by atoms with Crippen molar-refractivity contribution < 1.29 is 22.3 Å². The van der Waals surface area contributed by atoms with Gasteiger partial charge in [-0.3, -0.25) is 9.10 Å². The number of amides is 1. The van der Waals surface area contributed by atoms with Crippen molar-refractivity contribution in [3.63, 3.8) is 0 Å². The maximum atomic E-state index is 14.7. The minimum Gasteiger partial charge on any atom is -0.492 e. The molecule has 1 unspecified atom stereocenters. The molecule has 2 aromatic carbocycles. The third-order valence-electron chi connectivity index (χ3n) is 6.03. The first-order valence-electron chi connectivity index (χ1n) is 10.8. The first-order valence-corrected chi connectivity index (χ1v) is 12.6. The molecular weight excluding hydrogens is 455 g/mol. The van der Waals surface area contributed by atoms with Crippen molar-refractivity contribution in [2.24, 2.45) is 11.8 Å². The number of nitrogens with zero attached hydrogens (tertiary/aromatic N) is 1. The molecule has 32 heavy (non-hydrogen) atoms. The van der Waals surface area contributed by atoms with Crippen LogP contribution in [-0.4, -0.2) is 27.5 Å². The maximum absolute atomic E-state index is 14.7. The highest BCUT2D eigenvalue weighted by Gasteiger charge is 2.32. The molecule has 2 aromatic rings. The van der Waals surface area contributed by atoms with Gasteiger partial charge in [-0.25, -0.2) is 9.11 Å². The van der Waals surface area contributed by atoms with Crippen LogP contribution in [0.5, 0.6) is 5.75 Å². The molecule has 0 aromatic heterocycles. The van der Waals surface area contributed by atoms with Gasteiger partial charge in [-0.15, -0.1) is 0 Å². The second-order valence-electron chi connectivity index (χ2n) is 8.63. The van der Waals surface area contributed by atoms with Crippen LogP contribution in [-0.2, 0) is 16.6 Å². The summed E-state index contributed by atoms with van der Waals surface area (Å²) in [5.74, 6) is -1.34. The number of nitrogens with one attached hydrogen (secondary N) is 1. The van der Waals surface area contributed by atoms with Gasteiger partial charge in [0.15, 0.2) is 0 Å². The Morgan fingerprint density at radius 3 is 2.72 bits per heavy atom. The predicted molar refractivity (Wildman–Crippen MR) is 122 cm³/mol. The fourth-order valence-corrected chi connectivity index (χ4v) is 5.96. The SMILES string of the molecule is CC1Cc2ccccc2N(S(=O)(=O)NC(=O)c2cc(Cl)c(OCC3CCCC3)cc2F)C1. The van der Waals surface area contributed by atoms with E-state index in [0.29, 0.717) is 18.2 Å². The van der Waals surface area contributed by atoms with Gasteiger partial charge >= 0.3 is 10.2 Å². The Morgan fingerprint density at radius 2 is 1.97 bits per heavy atom. The van der Waals surface area contributed by atoms with Crippen molar-refractivity contribution in [2.45, 2.75) is 39.0 Å². The Balaban J connectivity index is 1.51. The van der Waals surface area contributed by atoms with Crippen molar-refractivity contribution in [3.8, 4) is 5.75 Å². The summed E-state index contributed by atoms with van der Waals surface area (Å²) in [5, 5.41) is 0.0592. The molecule has 1 aliphatic heterocycles. The van der Waals surface area contributed by atoms with Crippen LogP contribution < -0.4 is 13.8 Å². The number of fused-ring (bicyclic) bond motifs is 1. The van der Waals surface area contributed by atoms with Gasteiger partial charge in [0.25, 0.3) is 5.91 Å². The molecule has 1 N–H and O–H groups in total. The van der Waals surface area contributed by atoms with E-state index in [1.54, 1.807) is 12.1 Å². The lowest BCUT2D eigenvalue weighted by Crippen LogP contribution is -2.47. The van der Waals surface area contributed by atoms with Crippen molar-refractivity contribution in [1.82, 2.24) is 4.72 Å². The van der Waals surface area contributed by atoms with E-state index in [9.17, 15) is 17.6 Å². The molecule has 1 aliphatic carbocycles. The lowest BCUT2D eigenvalue weighted by atomic mass is 9.96. The molecule has 4 rings (SSSR count). The van der Waals surface area contributed by atoms with E-state index in [1.807, 2.05) is 23.8 Å². The van der Waals surface area contributed by atoms with Crippen LogP contribution in [0.15, 0.2) is 36.4 Å². The molecule has 1 saturated carbocycles. The fourth-order valence-electron chi connectivity index (χ4n) is 4.40. The zero-order valence-electron chi connectivity index (χ0n) is 17.8. The third-order valence-corrected chi connectivity index (χ3v) is 7.70. The molecule has 0 bridgehead atoms. The first kappa shape index (κ1) is 22.9. The molecule has 0 spiro atoms. The van der Waals surface area contributed by atoms with Crippen LogP contribution in [0.2, 0.25) is 5.02 Å². The quantitative estimate of drug-likeness (QED) is 0.649. The Labute approximate surface area is 192 Å². The van der Waals surface area contributed by atoms with Crippen molar-refractivity contribution >= 4 is 33.4 Å². The number of ether oxygens (including phenoxy) is 1. The van der Waals surface area contributed by atoms with E-state index >= 15 is 0 Å². The molecule has 9 heteroatoms. The van der Waals surface area contributed by atoms with Gasteiger partial charge in [0, 0.05) is 12.6 Å². The lowest BCUT2D eigenvalue weighted by Gasteiger charge is -2.33. The van der Waals surface area contributed by atoms with E-state index in [2.05, 4.69) is 0 Å². The number of hydrogen-bond donors (Lipinski definition) is 1. The smallest absolute Gasteiger partial charge is 0.326 e. The van der Waals surface area contributed by atoms with Crippen LogP contribution in [0.4, 0.5) is 10.1 Å². The molecular formula is C23H26ClFN2O4S. The van der Waals surface area contributed by atoms with Gasteiger partial charge in [-0.05, 0) is 48.8 Å². The summed E-state index contributed by atoms with van der Waals surface area (Å²) in [6.07, 6.45) is 5.18. The summed E-state index contributed by atoms with van der Waals surface area (Å²) in [4.78, 5) is 12.7. The summed E-state index contributed by atoms with van der Waals surface area (Å²) in [7, 11) is -4.25. The van der Waals surface area contributed by atoms with Gasteiger partial charge < -0.3 is 4.74 Å². The van der Waals surface area contributed by atoms with Gasteiger partial charge in [0.2, 0.25) is 0 Å². The van der Waals surface area contributed by atoms with Crippen molar-refractivity contribution in [1.29, 1.82) is 0 Å². The van der Waals surface area contributed by atoms with Gasteiger partial charge in [0.1, 0.15) is 11.6 Å². The van der Waals surface area contributed by atoms with Gasteiger partial charge in [0.05, 0.1) is 22.9 Å². The summed E-state index contributed by atoms with van der Waals surface area (Å²) in [6.45, 7) is 2.59. The van der Waals surface area contributed by atoms with Crippen LogP contribution in [0, 0.1) is 17.7 Å². The molecule has 1 fully saturated rings. The largest absolute Gasteiger partial charge is 0.492 e. The monoisotopic (exact) mass is 480 g/mol. The van der Waals surface area contributed by atoms with Crippen LogP contribution in [0.25, 0.3) is 0 Å². The lowest BCUT2D eigenvalue weighted by molar-refractivity contribution is 0.0977. The highest BCUT2D eigenvalue weighted by molar-refractivity contribution is 7.91. The Kier molecular flexibility index (Phi) is 6.62. The highest BCUT2D eigenvalue weighted by Crippen LogP contribution is 2.33. The van der Waals surface area contributed by atoms with Crippen molar-refractivity contribution in [2.75, 3.05) is 17.5 Å². The second-order valence-corrected chi connectivity index (χ2v) is 10.6. The molecule has 1 atom stereocenters. The Morgan fingerprint density at radius 1 is 1.25 bits per heavy atom. The summed E-state index contributed by atoms with van der Waals surface area (Å²) >= 11 is 6.21. The summed E-state index contributed by atoms with van der Waals surface area (Å²) in [5.41, 5.74) is 0.937. The summed E-state index contributed by atoms with van der Waals surface area (Å²) < 4.78 is 49.5. The maximum Gasteiger partial charge on any atom is 0.326 e. The van der Waals surface area contributed by atoms with E-state index in [-0.39, 0.29) is 23.2 Å². The second kappa shape index (κ2) is 9.27. The zero-order valence-corrected chi connectivity index (χ0v) is 19.4. The highest BCUT2D eigenvalue weighted by atomic mass is 35.5. The fraction of sp³-hybridized carbons (Fsp3) is 0.435. The van der Waals surface area contributed by atoms with Crippen molar-refractivity contribution in [3.05, 3.63) is 58.4 Å². The van der Waals surface area contributed by atoms with Crippen LogP contribution in [0.3, 0.4) is 0 Å². The average Bonchev–Trinajstić information content (AvgIpc) is 3.26. The van der Waals surface area contributed by atoms with Gasteiger partial charge in [-0.2, -0.15) is 8.42 Å². The van der Waals surface area contributed by atoms with E-state index < -0.39 is 27.5 Å². The molecule has 6 nitrogen and oxygen atoms in total. The number of hydrogen-bond acceptors (Lipinski definition) is 4. The van der Waals surface area contributed by atoms with Crippen LogP contribution in [0.1, 0.15) is 48.5 Å². The first-order chi connectivity index (χ1) is 15.2. The van der Waals surface area contributed by atoms with Gasteiger partial charge in [-0.1, -0.05) is 49.6 Å². The normalized spacial score (nSPS) is 19.0. The molecule has 1 amide bonds. The topological polar surface area (TPSA) is 75.7 Å². The number of benzene rings is 2. The summed E-state index contributed by atoms with van der Waals surface area (Å²) in [6, 6.07) is 9.28. The zero-order chi connectivity index (χ0) is 22.9. The van der Waals surface area contributed by atoms with E-state index in [0.717, 1.165) is 54.1 Å². The number of rotatable bonds is 6. The molecule has 2 aliphatic rings. The number of halogens is 2. The molecule has 0 radical (unpaired) electrons. The number of para-hydroxylation sites is 1. The standard InChI is InChI=1S/C23H26ClFN2O4S/c1-15-10-17-8-4-5-9-21(17)27(13-15)32(29,30)26-23(28)18-11-19(24)22(12-20(18)25)31-14-16-6-2-3-7-16/h4-5,8-9,11-12,15-16H,2-3,6-7,10,13-14H2,1H3,(H,26,28). The molecule has 172 valence electrons. The number of carbonyl (C=O) groups excluding carboxylic acids is 1. The Hall–Kier alpha value is -2.32. The van der Waals surface area contributed by atoms with E-state index in [4.69, 9.17) is 16.3 Å². The number of carbonyl (C=O) groups is 1.